The van der Waals surface area contributed by atoms with Crippen LogP contribution >= 0.6 is 7.82 Å². The van der Waals surface area contributed by atoms with E-state index in [1.165, 1.54) is 283 Å². The van der Waals surface area contributed by atoms with E-state index in [-0.39, 0.29) is 38.6 Å². The van der Waals surface area contributed by atoms with E-state index >= 15 is 0 Å². The molecule has 0 heterocycles. The zero-order valence-corrected chi connectivity index (χ0v) is 57.0. The van der Waals surface area contributed by atoms with Crippen molar-refractivity contribution in [2.24, 2.45) is 5.73 Å². The topological polar surface area (TPSA) is 134 Å². The fourth-order valence-electron chi connectivity index (χ4n) is 11.0. The number of carbonyl (C=O) groups is 2. The van der Waals surface area contributed by atoms with E-state index in [4.69, 9.17) is 24.3 Å². The summed E-state index contributed by atoms with van der Waals surface area (Å²) in [6.45, 7) is 3.70. The lowest BCUT2D eigenvalue weighted by Gasteiger charge is -2.19. The Morgan fingerprint density at radius 3 is 0.976 bits per heavy atom. The molecule has 498 valence electrons. The molecule has 10 heteroatoms. The second kappa shape index (κ2) is 70.8. The third kappa shape index (κ3) is 70.7. The standard InChI is InChI=1S/C75H140NO8P/c1-3-5-7-9-11-13-15-17-19-21-23-25-27-29-31-33-34-35-36-37-38-40-42-44-46-48-50-52-54-56-58-60-62-64-66-68-75(78)84-73(72-83-85(79,80)82-70-69-76)71-81-74(77)67-65-63-61-59-57-55-53-51-49-47-45-43-41-39-32-30-28-26-24-22-20-18-16-14-12-10-8-6-4-2/h5,7,11,13,17,19,22-25,73H,3-4,6,8-10,12,14-16,18,20-21,26-72,76H2,1-2H3,(H,79,80)/b7-5-,13-11-,19-17-,24-22-,25-23-. The Morgan fingerprint density at radius 2 is 0.647 bits per heavy atom. The van der Waals surface area contributed by atoms with Gasteiger partial charge >= 0.3 is 19.8 Å². The molecule has 85 heavy (non-hydrogen) atoms. The molecule has 0 aromatic heterocycles. The first kappa shape index (κ1) is 82.7. The molecule has 0 aliphatic rings. The summed E-state index contributed by atoms with van der Waals surface area (Å²) in [6.07, 6.45) is 91.9. The molecule has 0 amide bonds. The molecule has 2 atom stereocenters. The maximum atomic E-state index is 12.8. The van der Waals surface area contributed by atoms with E-state index in [0.29, 0.717) is 6.42 Å². The first-order valence-corrected chi connectivity index (χ1v) is 38.3. The summed E-state index contributed by atoms with van der Waals surface area (Å²) >= 11 is 0. The number of nitrogens with two attached hydrogens (primary N) is 1. The molecular formula is C75H140NO8P. The molecule has 2 unspecified atom stereocenters. The van der Waals surface area contributed by atoms with E-state index in [9.17, 15) is 19.0 Å². The van der Waals surface area contributed by atoms with Gasteiger partial charge in [0.15, 0.2) is 6.10 Å². The molecule has 0 spiro atoms. The van der Waals surface area contributed by atoms with E-state index in [2.05, 4.69) is 74.6 Å². The molecule has 0 fully saturated rings. The van der Waals surface area contributed by atoms with E-state index in [1.54, 1.807) is 0 Å². The summed E-state index contributed by atoms with van der Waals surface area (Å²) in [5.74, 6) is -0.806. The van der Waals surface area contributed by atoms with Crippen LogP contribution in [0.5, 0.6) is 0 Å². The monoisotopic (exact) mass is 1210 g/mol. The van der Waals surface area contributed by atoms with Crippen molar-refractivity contribution in [3.8, 4) is 0 Å². The Morgan fingerprint density at radius 1 is 0.365 bits per heavy atom. The molecule has 0 bridgehead atoms. The minimum atomic E-state index is -4.39. The number of allylic oxidation sites excluding steroid dienone is 10. The van der Waals surface area contributed by atoms with Crippen molar-refractivity contribution in [1.82, 2.24) is 0 Å². The second-order valence-corrected chi connectivity index (χ2v) is 26.2. The summed E-state index contributed by atoms with van der Waals surface area (Å²) in [7, 11) is -4.39. The maximum Gasteiger partial charge on any atom is 0.472 e. The summed E-state index contributed by atoms with van der Waals surface area (Å²) in [6, 6.07) is 0. The summed E-state index contributed by atoms with van der Waals surface area (Å²) in [5, 5.41) is 0. The predicted molar refractivity (Wildman–Crippen MR) is 367 cm³/mol. The number of unbranched alkanes of at least 4 members (excludes halogenated alkanes) is 47. The van der Waals surface area contributed by atoms with Gasteiger partial charge in [-0.2, -0.15) is 0 Å². The van der Waals surface area contributed by atoms with Crippen molar-refractivity contribution in [3.05, 3.63) is 60.8 Å². The lowest BCUT2D eigenvalue weighted by atomic mass is 10.0. The molecule has 0 aliphatic heterocycles. The van der Waals surface area contributed by atoms with Crippen LogP contribution in [0.2, 0.25) is 0 Å². The van der Waals surface area contributed by atoms with Gasteiger partial charge in [-0.25, -0.2) is 4.57 Å². The zero-order valence-electron chi connectivity index (χ0n) is 56.1. The minimum absolute atomic E-state index is 0.0552. The number of hydrogen-bond acceptors (Lipinski definition) is 8. The van der Waals surface area contributed by atoms with Crippen molar-refractivity contribution in [3.63, 3.8) is 0 Å². The van der Waals surface area contributed by atoms with Crippen molar-refractivity contribution >= 4 is 19.8 Å². The van der Waals surface area contributed by atoms with Crippen LogP contribution in [0.25, 0.3) is 0 Å². The molecule has 3 N–H and O–H groups in total. The SMILES string of the molecule is CC/C=C\C/C=C\C/C=C\C/C=C\CCCCCCCCCCCCCCCCCCCCCCCCC(=O)OC(COC(=O)CCCCCCCCCCCCCCCCCCC/C=C\CCCCCCCCCC)COP(=O)(O)OCCN. The Balaban J connectivity index is 3.80. The molecule has 0 aliphatic carbocycles. The second-order valence-electron chi connectivity index (χ2n) is 24.8. The fraction of sp³-hybridized carbons (Fsp3) is 0.840. The highest BCUT2D eigenvalue weighted by atomic mass is 31.2. The van der Waals surface area contributed by atoms with Crippen LogP contribution in [0.4, 0.5) is 0 Å². The number of ether oxygens (including phenoxy) is 2. The summed E-state index contributed by atoms with van der Waals surface area (Å²) in [4.78, 5) is 35.4. The molecule has 0 saturated heterocycles. The van der Waals surface area contributed by atoms with Crippen molar-refractivity contribution in [2.75, 3.05) is 26.4 Å². The van der Waals surface area contributed by atoms with Crippen LogP contribution in [-0.2, 0) is 32.7 Å². The number of hydrogen-bond donors (Lipinski definition) is 2. The Hall–Kier alpha value is -2.29. The Bertz CT molecular complexity index is 1580. The summed E-state index contributed by atoms with van der Waals surface area (Å²) in [5.41, 5.74) is 5.41. The minimum Gasteiger partial charge on any atom is -0.462 e. The van der Waals surface area contributed by atoms with Gasteiger partial charge in [-0.3, -0.25) is 18.6 Å². The lowest BCUT2D eigenvalue weighted by Crippen LogP contribution is -2.29. The van der Waals surface area contributed by atoms with Gasteiger partial charge in [0.25, 0.3) is 0 Å². The van der Waals surface area contributed by atoms with Gasteiger partial charge in [0, 0.05) is 19.4 Å². The highest BCUT2D eigenvalue weighted by molar-refractivity contribution is 7.47. The normalized spacial score (nSPS) is 13.2. The highest BCUT2D eigenvalue weighted by Gasteiger charge is 2.26. The first-order chi connectivity index (χ1) is 41.8. The van der Waals surface area contributed by atoms with Crippen LogP contribution in [0.15, 0.2) is 60.8 Å². The van der Waals surface area contributed by atoms with Crippen LogP contribution in [0, 0.1) is 0 Å². The van der Waals surface area contributed by atoms with Gasteiger partial charge in [-0.15, -0.1) is 0 Å². The van der Waals surface area contributed by atoms with Crippen molar-refractivity contribution in [1.29, 1.82) is 0 Å². The Labute approximate surface area is 527 Å². The molecular weight excluding hydrogens is 1070 g/mol. The maximum absolute atomic E-state index is 12.8. The average molecular weight is 1210 g/mol. The number of esters is 2. The fourth-order valence-corrected chi connectivity index (χ4v) is 11.7. The lowest BCUT2D eigenvalue weighted by molar-refractivity contribution is -0.161. The molecule has 0 rings (SSSR count). The Kier molecular flexibility index (Phi) is 68.9. The predicted octanol–water partition coefficient (Wildman–Crippen LogP) is 24.2. The van der Waals surface area contributed by atoms with Crippen molar-refractivity contribution in [2.45, 2.75) is 380 Å². The van der Waals surface area contributed by atoms with Gasteiger partial charge in [0.2, 0.25) is 0 Å². The zero-order chi connectivity index (χ0) is 61.6. The number of carbonyl (C=O) groups excluding carboxylic acids is 2. The number of rotatable bonds is 70. The molecule has 0 radical (unpaired) electrons. The van der Waals surface area contributed by atoms with Crippen LogP contribution in [0.1, 0.15) is 373 Å². The van der Waals surface area contributed by atoms with Crippen LogP contribution < -0.4 is 5.73 Å². The van der Waals surface area contributed by atoms with Crippen LogP contribution in [0.3, 0.4) is 0 Å². The number of phosphoric ester groups is 1. The largest absolute Gasteiger partial charge is 0.472 e. The quantitative estimate of drug-likeness (QED) is 0.0264. The van der Waals surface area contributed by atoms with E-state index < -0.39 is 26.5 Å². The van der Waals surface area contributed by atoms with Crippen molar-refractivity contribution < 1.29 is 37.6 Å². The average Bonchev–Trinajstić information content (AvgIpc) is 3.52. The third-order valence-corrected chi connectivity index (χ3v) is 17.4. The molecule has 0 saturated carbocycles. The van der Waals surface area contributed by atoms with E-state index in [0.717, 1.165) is 57.8 Å². The molecule has 0 aromatic carbocycles. The van der Waals surface area contributed by atoms with Crippen LogP contribution in [-0.4, -0.2) is 49.3 Å². The first-order valence-electron chi connectivity index (χ1n) is 36.8. The summed E-state index contributed by atoms with van der Waals surface area (Å²) < 4.78 is 33.2. The highest BCUT2D eigenvalue weighted by Crippen LogP contribution is 2.43. The smallest absolute Gasteiger partial charge is 0.462 e. The molecule has 0 aromatic rings. The molecule has 9 nitrogen and oxygen atoms in total. The van der Waals surface area contributed by atoms with E-state index in [1.807, 2.05) is 0 Å². The number of phosphoric acid groups is 1. The third-order valence-electron chi connectivity index (χ3n) is 16.4. The van der Waals surface area contributed by atoms with Gasteiger partial charge in [-0.05, 0) is 77.0 Å². The van der Waals surface area contributed by atoms with Gasteiger partial charge < -0.3 is 20.1 Å². The van der Waals surface area contributed by atoms with Gasteiger partial charge in [0.05, 0.1) is 13.2 Å². The van der Waals surface area contributed by atoms with Gasteiger partial charge in [0.1, 0.15) is 6.61 Å². The van der Waals surface area contributed by atoms with Gasteiger partial charge in [-0.1, -0.05) is 344 Å².